The van der Waals surface area contributed by atoms with Gasteiger partial charge in [0.05, 0.1) is 25.7 Å². The summed E-state index contributed by atoms with van der Waals surface area (Å²) in [4.78, 5) is 16.4. The van der Waals surface area contributed by atoms with E-state index >= 15 is 0 Å². The number of methoxy groups -OCH3 is 2. The molecule has 2 rings (SSSR count). The van der Waals surface area contributed by atoms with Gasteiger partial charge in [0.1, 0.15) is 0 Å². The average molecular weight is 400 g/mol. The number of hydrogen-bond donors (Lipinski definition) is 1. The summed E-state index contributed by atoms with van der Waals surface area (Å²) in [6.07, 6.45) is 0.486. The first-order valence-corrected chi connectivity index (χ1v) is 10.7. The van der Waals surface area contributed by atoms with Crippen LogP contribution < -0.4 is 14.8 Å². The van der Waals surface area contributed by atoms with Gasteiger partial charge in [-0.25, -0.2) is 13.2 Å². The van der Waals surface area contributed by atoms with E-state index < -0.39 is 9.84 Å². The van der Waals surface area contributed by atoms with Gasteiger partial charge >= 0.3 is 6.03 Å². The Bertz CT molecular complexity index is 751. The highest BCUT2D eigenvalue weighted by atomic mass is 32.2. The van der Waals surface area contributed by atoms with Crippen molar-refractivity contribution in [2.45, 2.75) is 19.0 Å². The standard InChI is InChI=1S/C18H29N3O5S/c1-20(2)8-9-21(15-7-10-27(23,24)13-15)18(22)19-12-14-5-6-16(25-3)17(11-14)26-4/h5-6,11,15H,7-10,12-13H2,1-4H3,(H,19,22). The van der Waals surface area contributed by atoms with Crippen LogP contribution in [0.25, 0.3) is 0 Å². The molecule has 1 atom stereocenters. The third-order valence-corrected chi connectivity index (χ3v) is 6.34. The van der Waals surface area contributed by atoms with E-state index in [0.29, 0.717) is 37.6 Å². The Hall–Kier alpha value is -2.00. The molecule has 0 aliphatic carbocycles. The zero-order chi connectivity index (χ0) is 20.0. The smallest absolute Gasteiger partial charge is 0.317 e. The monoisotopic (exact) mass is 399 g/mol. The lowest BCUT2D eigenvalue weighted by Gasteiger charge is -2.29. The molecule has 1 aromatic carbocycles. The largest absolute Gasteiger partial charge is 0.493 e. The molecule has 1 N–H and O–H groups in total. The quantitative estimate of drug-likeness (QED) is 0.701. The van der Waals surface area contributed by atoms with Crippen LogP contribution in [0.5, 0.6) is 11.5 Å². The molecule has 152 valence electrons. The van der Waals surface area contributed by atoms with E-state index in [1.807, 2.05) is 31.1 Å². The van der Waals surface area contributed by atoms with Crippen LogP contribution in [-0.4, -0.2) is 83.2 Å². The summed E-state index contributed by atoms with van der Waals surface area (Å²) in [7, 11) is 3.91. The number of carbonyl (C=O) groups excluding carboxylic acids is 1. The molecule has 0 saturated carbocycles. The van der Waals surface area contributed by atoms with Crippen molar-refractivity contribution in [1.82, 2.24) is 15.1 Å². The number of nitrogens with zero attached hydrogens (tertiary/aromatic N) is 2. The second kappa shape index (κ2) is 9.27. The van der Waals surface area contributed by atoms with Crippen LogP contribution >= 0.6 is 0 Å². The number of rotatable bonds is 8. The lowest BCUT2D eigenvalue weighted by Crippen LogP contribution is -2.49. The highest BCUT2D eigenvalue weighted by molar-refractivity contribution is 7.91. The first-order valence-electron chi connectivity index (χ1n) is 8.86. The van der Waals surface area contributed by atoms with Gasteiger partial charge in [-0.1, -0.05) is 6.07 Å². The third-order valence-electron chi connectivity index (χ3n) is 4.59. The molecule has 1 unspecified atom stereocenters. The van der Waals surface area contributed by atoms with Crippen LogP contribution in [0.15, 0.2) is 18.2 Å². The Kier molecular flexibility index (Phi) is 7.32. The maximum atomic E-state index is 12.8. The molecular formula is C18H29N3O5S. The minimum absolute atomic E-state index is 0.0320. The molecule has 1 saturated heterocycles. The molecule has 8 nitrogen and oxygen atoms in total. The first kappa shape index (κ1) is 21.3. The summed E-state index contributed by atoms with van der Waals surface area (Å²) in [6, 6.07) is 4.91. The number of benzene rings is 1. The van der Waals surface area contributed by atoms with E-state index in [1.54, 1.807) is 25.2 Å². The number of carbonyl (C=O) groups is 1. The van der Waals surface area contributed by atoms with Crippen molar-refractivity contribution >= 4 is 15.9 Å². The molecular weight excluding hydrogens is 370 g/mol. The van der Waals surface area contributed by atoms with Crippen LogP contribution in [0, 0.1) is 0 Å². The normalized spacial score (nSPS) is 18.3. The van der Waals surface area contributed by atoms with E-state index in [0.717, 1.165) is 5.56 Å². The van der Waals surface area contributed by atoms with Gasteiger partial charge in [0.15, 0.2) is 21.3 Å². The zero-order valence-corrected chi connectivity index (χ0v) is 17.2. The van der Waals surface area contributed by atoms with Crippen LogP contribution in [0.2, 0.25) is 0 Å². The number of sulfone groups is 1. The number of amides is 2. The second-order valence-corrected chi connectivity index (χ2v) is 9.13. The molecule has 1 aliphatic rings. The fourth-order valence-electron chi connectivity index (χ4n) is 3.05. The molecule has 0 spiro atoms. The Morgan fingerprint density at radius 2 is 1.89 bits per heavy atom. The number of hydrogen-bond acceptors (Lipinski definition) is 6. The van der Waals surface area contributed by atoms with Crippen molar-refractivity contribution in [3.8, 4) is 11.5 Å². The zero-order valence-electron chi connectivity index (χ0n) is 16.4. The molecule has 1 aromatic rings. The molecule has 0 bridgehead atoms. The van der Waals surface area contributed by atoms with Gasteiger partial charge in [-0.3, -0.25) is 0 Å². The van der Waals surface area contributed by atoms with Gasteiger partial charge in [0.2, 0.25) is 0 Å². The van der Waals surface area contributed by atoms with Crippen LogP contribution in [0.1, 0.15) is 12.0 Å². The number of likely N-dealkylation sites (N-methyl/N-ethyl adjacent to an activating group) is 1. The molecule has 1 heterocycles. The minimum Gasteiger partial charge on any atom is -0.493 e. The van der Waals surface area contributed by atoms with Crippen molar-refractivity contribution < 1.29 is 22.7 Å². The third kappa shape index (κ3) is 6.00. The minimum atomic E-state index is -3.06. The summed E-state index contributed by atoms with van der Waals surface area (Å²) < 4.78 is 34.1. The molecule has 9 heteroatoms. The van der Waals surface area contributed by atoms with Crippen LogP contribution in [-0.2, 0) is 16.4 Å². The Labute approximate surface area is 161 Å². The fraction of sp³-hybridized carbons (Fsp3) is 0.611. The Morgan fingerprint density at radius 1 is 1.19 bits per heavy atom. The van der Waals surface area contributed by atoms with Crippen molar-refractivity contribution in [2.24, 2.45) is 0 Å². The molecule has 0 radical (unpaired) electrons. The van der Waals surface area contributed by atoms with E-state index in [1.165, 1.54) is 0 Å². The van der Waals surface area contributed by atoms with Crippen molar-refractivity contribution in [1.29, 1.82) is 0 Å². The van der Waals surface area contributed by atoms with Crippen molar-refractivity contribution in [2.75, 3.05) is 52.9 Å². The van der Waals surface area contributed by atoms with Crippen LogP contribution in [0.4, 0.5) is 4.79 Å². The van der Waals surface area contributed by atoms with Gasteiger partial charge in [-0.2, -0.15) is 0 Å². The number of ether oxygens (including phenoxy) is 2. The highest BCUT2D eigenvalue weighted by Gasteiger charge is 2.34. The predicted molar refractivity (Wildman–Crippen MR) is 104 cm³/mol. The Morgan fingerprint density at radius 3 is 2.44 bits per heavy atom. The molecule has 1 fully saturated rings. The van der Waals surface area contributed by atoms with Gasteiger partial charge < -0.3 is 24.6 Å². The lowest BCUT2D eigenvalue weighted by atomic mass is 10.2. The SMILES string of the molecule is COc1ccc(CNC(=O)N(CCN(C)C)C2CCS(=O)(=O)C2)cc1OC. The van der Waals surface area contributed by atoms with Gasteiger partial charge in [-0.05, 0) is 38.2 Å². The predicted octanol–water partition coefficient (Wildman–Crippen LogP) is 0.964. The Balaban J connectivity index is 2.04. The van der Waals surface area contributed by atoms with Gasteiger partial charge in [0.25, 0.3) is 0 Å². The second-order valence-electron chi connectivity index (χ2n) is 6.90. The maximum absolute atomic E-state index is 12.8. The molecule has 0 aromatic heterocycles. The van der Waals surface area contributed by atoms with E-state index in [4.69, 9.17) is 9.47 Å². The van der Waals surface area contributed by atoms with Gasteiger partial charge in [0, 0.05) is 25.7 Å². The lowest BCUT2D eigenvalue weighted by molar-refractivity contribution is 0.172. The van der Waals surface area contributed by atoms with Crippen molar-refractivity contribution in [3.05, 3.63) is 23.8 Å². The van der Waals surface area contributed by atoms with Crippen molar-refractivity contribution in [3.63, 3.8) is 0 Å². The summed E-state index contributed by atoms with van der Waals surface area (Å²) in [6.45, 7) is 1.46. The topological polar surface area (TPSA) is 88.2 Å². The molecule has 2 amide bonds. The maximum Gasteiger partial charge on any atom is 0.317 e. The first-order chi connectivity index (χ1) is 12.8. The number of nitrogens with one attached hydrogen (secondary N) is 1. The van der Waals surface area contributed by atoms with Crippen LogP contribution in [0.3, 0.4) is 0 Å². The summed E-state index contributed by atoms with van der Waals surface area (Å²) in [5.41, 5.74) is 0.868. The summed E-state index contributed by atoms with van der Waals surface area (Å²) in [5.74, 6) is 1.38. The molecule has 27 heavy (non-hydrogen) atoms. The fourth-order valence-corrected chi connectivity index (χ4v) is 4.78. The number of urea groups is 1. The molecule has 1 aliphatic heterocycles. The summed E-state index contributed by atoms with van der Waals surface area (Å²) >= 11 is 0. The van der Waals surface area contributed by atoms with Gasteiger partial charge in [-0.15, -0.1) is 0 Å². The van der Waals surface area contributed by atoms with E-state index in [2.05, 4.69) is 5.32 Å². The average Bonchev–Trinajstić information content (AvgIpc) is 2.99. The van der Waals surface area contributed by atoms with E-state index in [-0.39, 0.29) is 23.6 Å². The highest BCUT2D eigenvalue weighted by Crippen LogP contribution is 2.27. The summed E-state index contributed by atoms with van der Waals surface area (Å²) in [5, 5.41) is 2.89. The van der Waals surface area contributed by atoms with E-state index in [9.17, 15) is 13.2 Å².